The van der Waals surface area contributed by atoms with Gasteiger partial charge < -0.3 is 20.3 Å². The first-order valence-corrected chi connectivity index (χ1v) is 23.4. The normalized spacial score (nSPS) is 12.5. The lowest BCUT2D eigenvalue weighted by molar-refractivity contribution is -0.623. The number of hydrogen-bond donors (Lipinski definition) is 3. The van der Waals surface area contributed by atoms with E-state index >= 15 is 0 Å². The van der Waals surface area contributed by atoms with Crippen molar-refractivity contribution < 1.29 is 39.8 Å². The van der Waals surface area contributed by atoms with Crippen molar-refractivity contribution >= 4 is 40.5 Å². The minimum absolute atomic E-state index is 0.0496. The van der Waals surface area contributed by atoms with Gasteiger partial charge in [-0.05, 0) is 54.1 Å². The zero-order valence-electron chi connectivity index (χ0n) is 39.9. The molecule has 0 aliphatic carbocycles. The van der Waals surface area contributed by atoms with E-state index in [2.05, 4.69) is 25.3 Å². The molecule has 5 atom stereocenters. The van der Waals surface area contributed by atoms with E-state index in [1.807, 2.05) is 35.6 Å². The van der Waals surface area contributed by atoms with Crippen LogP contribution >= 0.6 is 0 Å². The Morgan fingerprint density at radius 1 is 0.480 bits per heavy atom. The number of nitrogens with zero attached hydrogens (tertiary/aromatic N) is 6. The molecule has 0 bridgehead atoms. The van der Waals surface area contributed by atoms with Crippen LogP contribution in [-0.2, 0) is 4.79 Å². The zero-order chi connectivity index (χ0) is 52.9. The molecule has 17 nitrogen and oxygen atoms in total. The minimum atomic E-state index is -1.52. The average Bonchev–Trinajstić information content (AvgIpc) is 3.46. The molecule has 0 aliphatic heterocycles. The molecule has 0 saturated carbocycles. The maximum Gasteiger partial charge on any atom is 0.278 e. The number of nitro benzene ring substituents is 2. The number of aliphatic carboxylic acids is 1. The van der Waals surface area contributed by atoms with E-state index in [1.54, 1.807) is 183 Å². The molecular formula is C58H48N8O9. The van der Waals surface area contributed by atoms with Crippen molar-refractivity contribution in [3.63, 3.8) is 0 Å². The summed E-state index contributed by atoms with van der Waals surface area (Å²) in [5.74, 6) is -2.33. The lowest BCUT2D eigenvalue weighted by Crippen LogP contribution is -2.81. The van der Waals surface area contributed by atoms with Crippen LogP contribution in [0.1, 0.15) is 78.8 Å². The van der Waals surface area contributed by atoms with Crippen LogP contribution in [-0.4, -0.2) is 52.4 Å². The van der Waals surface area contributed by atoms with Gasteiger partial charge in [-0.25, -0.2) is 9.97 Å². The van der Waals surface area contributed by atoms with Crippen molar-refractivity contribution in [2.75, 3.05) is 5.32 Å². The summed E-state index contributed by atoms with van der Waals surface area (Å²) in [5.41, 5.74) is 3.08. The van der Waals surface area contributed by atoms with Crippen LogP contribution in [0.5, 0.6) is 0 Å². The predicted molar refractivity (Wildman–Crippen MR) is 277 cm³/mol. The summed E-state index contributed by atoms with van der Waals surface area (Å²) >= 11 is 0. The summed E-state index contributed by atoms with van der Waals surface area (Å²) in [4.78, 5) is 78.1. The third kappa shape index (κ3) is 14.1. The Morgan fingerprint density at radius 2 is 0.907 bits per heavy atom. The van der Waals surface area contributed by atoms with Gasteiger partial charge in [-0.2, -0.15) is 0 Å². The highest BCUT2D eigenvalue weighted by Crippen LogP contribution is 2.40. The van der Waals surface area contributed by atoms with E-state index in [4.69, 9.17) is 5.11 Å². The predicted octanol–water partition coefficient (Wildman–Crippen LogP) is 8.66. The summed E-state index contributed by atoms with van der Waals surface area (Å²) < 4.78 is 0. The molecule has 0 saturated heterocycles. The zero-order valence-corrected chi connectivity index (χ0v) is 39.9. The second-order valence-electron chi connectivity index (χ2n) is 16.5. The van der Waals surface area contributed by atoms with Gasteiger partial charge in [0.25, 0.3) is 11.4 Å². The third-order valence-corrected chi connectivity index (χ3v) is 11.7. The van der Waals surface area contributed by atoms with Crippen molar-refractivity contribution in [3.05, 3.63) is 297 Å². The summed E-state index contributed by atoms with van der Waals surface area (Å²) in [5, 5.41) is 47.8. The van der Waals surface area contributed by atoms with Crippen LogP contribution in [0.4, 0.5) is 23.0 Å². The van der Waals surface area contributed by atoms with Crippen LogP contribution in [0.15, 0.2) is 237 Å². The minimum Gasteiger partial charge on any atom is -0.547 e. The number of hydrogen-bond acceptors (Lipinski definition) is 14. The van der Waals surface area contributed by atoms with E-state index < -0.39 is 45.8 Å². The molecule has 0 unspecified atom stereocenters. The molecule has 9 rings (SSSR count). The molecule has 4 heterocycles. The topological polar surface area (TPSA) is 261 Å². The number of pyridine rings is 4. The fourth-order valence-electron chi connectivity index (χ4n) is 8.22. The lowest BCUT2D eigenvalue weighted by atomic mass is 9.83. The molecule has 0 amide bonds. The van der Waals surface area contributed by atoms with Crippen molar-refractivity contribution in [3.8, 4) is 0 Å². The highest BCUT2D eigenvalue weighted by Gasteiger charge is 2.40. The van der Waals surface area contributed by atoms with Gasteiger partial charge in [0.1, 0.15) is 23.9 Å². The molecule has 0 fully saturated rings. The van der Waals surface area contributed by atoms with Crippen LogP contribution < -0.4 is 15.7 Å². The molecule has 9 aromatic rings. The Bertz CT molecular complexity index is 3080. The van der Waals surface area contributed by atoms with Crippen LogP contribution in [0.3, 0.4) is 0 Å². The second-order valence-corrected chi connectivity index (χ2v) is 16.5. The first-order valence-electron chi connectivity index (χ1n) is 23.4. The first kappa shape index (κ1) is 52.8. The highest BCUT2D eigenvalue weighted by molar-refractivity contribution is 6.02. The fourth-order valence-corrected chi connectivity index (χ4v) is 8.22. The number of rotatable bonds is 18. The molecule has 0 radical (unpaired) electrons. The van der Waals surface area contributed by atoms with E-state index in [9.17, 15) is 39.7 Å². The number of nitro groups is 2. The lowest BCUT2D eigenvalue weighted by Gasteiger charge is -2.27. The molecule has 17 heteroatoms. The van der Waals surface area contributed by atoms with Crippen molar-refractivity contribution in [1.82, 2.24) is 19.9 Å². The van der Waals surface area contributed by atoms with Gasteiger partial charge in [0.05, 0.1) is 50.3 Å². The number of Topliss-reactive ketones (excluding diaryl/α,β-unsaturated/α-hetero) is 2. The van der Waals surface area contributed by atoms with Crippen molar-refractivity contribution in [2.45, 2.75) is 30.0 Å². The fraction of sp³-hybridized carbons (Fsp3) is 0.0862. The number of para-hydroxylation sites is 2. The number of aromatic nitrogens is 4. The Hall–Kier alpha value is -9.97. The number of ketones is 2. The van der Waals surface area contributed by atoms with Gasteiger partial charge in [-0.3, -0.25) is 45.1 Å². The quantitative estimate of drug-likeness (QED) is 0.0413. The monoisotopic (exact) mass is 1000 g/mol. The number of quaternary nitrogens is 1. The smallest absolute Gasteiger partial charge is 0.278 e. The number of benzene rings is 5. The molecule has 374 valence electrons. The van der Waals surface area contributed by atoms with E-state index in [0.29, 0.717) is 50.8 Å². The molecule has 75 heavy (non-hydrogen) atoms. The first-order chi connectivity index (χ1) is 36.5. The van der Waals surface area contributed by atoms with Crippen LogP contribution in [0.25, 0.3) is 0 Å². The average molecular weight is 1000 g/mol. The number of carboxylic acids is 1. The summed E-state index contributed by atoms with van der Waals surface area (Å²) in [6, 6.07) is 58.8. The van der Waals surface area contributed by atoms with Crippen molar-refractivity contribution in [1.29, 1.82) is 0 Å². The van der Waals surface area contributed by atoms with Gasteiger partial charge in [-0.1, -0.05) is 146 Å². The summed E-state index contributed by atoms with van der Waals surface area (Å²) in [6.45, 7) is 0. The number of nitrogens with one attached hydrogen (secondary N) is 1. The number of anilines is 1. The number of aliphatic hydroxyl groups is 1. The Morgan fingerprint density at radius 3 is 1.39 bits per heavy atom. The molecule has 4 N–H and O–H groups in total. The Balaban J connectivity index is 0.000000182. The summed E-state index contributed by atoms with van der Waals surface area (Å²) in [7, 11) is 0. The number of carbonyl (C=O) groups is 3. The number of carbonyl (C=O) groups excluding carboxylic acids is 3. The van der Waals surface area contributed by atoms with Crippen LogP contribution in [0.2, 0.25) is 0 Å². The third-order valence-electron chi connectivity index (χ3n) is 11.7. The maximum absolute atomic E-state index is 13.8. The standard InChI is InChI=1S/2C25H20N4O3.C8H8O3/c2*30-25(18-10-2-1-3-11-18)23(20-13-6-8-16-26-20)24(28-22-15-7-9-17-27-22)19-12-4-5-14-21(19)29(31)32;9-7(8(10)11)6-4-2-1-3-5-6/h2*1-17,23-24H,(H,27,28);1-5,7,9H,(H,10,11)/t2*23-,24+;7-/m000/s1. The highest BCUT2D eigenvalue weighted by atomic mass is 16.6. The molecule has 4 aromatic heterocycles. The van der Waals surface area contributed by atoms with Gasteiger partial charge in [-0.15, -0.1) is 0 Å². The second kappa shape index (κ2) is 26.5. The van der Waals surface area contributed by atoms with Gasteiger partial charge in [0, 0.05) is 54.1 Å². The van der Waals surface area contributed by atoms with Gasteiger partial charge in [0.15, 0.2) is 11.6 Å². The maximum atomic E-state index is 13.8. The Kier molecular flexibility index (Phi) is 18.7. The van der Waals surface area contributed by atoms with Crippen LogP contribution in [0, 0.1) is 20.2 Å². The van der Waals surface area contributed by atoms with E-state index in [-0.39, 0.29) is 22.9 Å². The largest absolute Gasteiger partial charge is 0.547 e. The van der Waals surface area contributed by atoms with E-state index in [0.717, 1.165) is 0 Å². The number of nitrogens with two attached hydrogens (primary N) is 1. The molecule has 0 aliphatic rings. The molecular weight excluding hydrogens is 953 g/mol. The molecule has 0 spiro atoms. The van der Waals surface area contributed by atoms with Gasteiger partial charge >= 0.3 is 0 Å². The number of carboxylic acid groups (broad SMARTS) is 1. The van der Waals surface area contributed by atoms with Gasteiger partial charge in [0.2, 0.25) is 5.82 Å². The summed E-state index contributed by atoms with van der Waals surface area (Å²) in [6.07, 6.45) is 4.98. The Labute approximate surface area is 430 Å². The van der Waals surface area contributed by atoms with Crippen molar-refractivity contribution in [2.24, 2.45) is 0 Å². The molecule has 5 aromatic carbocycles. The van der Waals surface area contributed by atoms with E-state index in [1.165, 1.54) is 24.3 Å². The SMILES string of the molecule is O=C([O-])[C@@H](O)c1ccccc1.O=C(c1ccccc1)[C@@H](c1ccccn1)[C@H](Nc1ccccn1)c1ccccc1[N+](=O)[O-].O=C(c1ccccc1)[C@@H](c1ccccn1)[C@H]([NH2+]c1ccccn1)c1ccccc1[N+](=O)[O-]. The number of aliphatic hydroxyl groups excluding tert-OH is 1.